The summed E-state index contributed by atoms with van der Waals surface area (Å²) in [5.74, 6) is -0.465. The van der Waals surface area contributed by atoms with Crippen LogP contribution in [-0.2, 0) is 0 Å². The van der Waals surface area contributed by atoms with Crippen LogP contribution in [0.5, 0.6) is 0 Å². The molecule has 68 valence electrons. The van der Waals surface area contributed by atoms with Gasteiger partial charge in [0.1, 0.15) is 16.4 Å². The summed E-state index contributed by atoms with van der Waals surface area (Å²) >= 11 is 8.99. The van der Waals surface area contributed by atoms with E-state index in [-0.39, 0.29) is 5.02 Å². The van der Waals surface area contributed by atoms with Gasteiger partial charge in [-0.25, -0.2) is 4.39 Å². The van der Waals surface area contributed by atoms with Crippen LogP contribution < -0.4 is 0 Å². The minimum Gasteiger partial charge on any atom is -0.282 e. The van der Waals surface area contributed by atoms with Crippen molar-refractivity contribution in [3.8, 4) is 0 Å². The van der Waals surface area contributed by atoms with Crippen molar-refractivity contribution in [3.63, 3.8) is 0 Å². The van der Waals surface area contributed by atoms with Crippen LogP contribution in [0, 0.1) is 12.7 Å². The molecule has 1 aromatic carbocycles. The van der Waals surface area contributed by atoms with Crippen LogP contribution in [0.15, 0.2) is 10.5 Å². The number of nitrogens with one attached hydrogen (secondary N) is 1. The molecule has 1 N–H and O–H groups in total. The van der Waals surface area contributed by atoms with Gasteiger partial charge in [0.2, 0.25) is 0 Å². The first-order valence-electron chi connectivity index (χ1n) is 3.59. The summed E-state index contributed by atoms with van der Waals surface area (Å²) in [5, 5.41) is 7.55. The van der Waals surface area contributed by atoms with Gasteiger partial charge in [-0.2, -0.15) is 5.10 Å². The quantitative estimate of drug-likeness (QED) is 0.725. The third-order valence-corrected chi connectivity index (χ3v) is 2.84. The van der Waals surface area contributed by atoms with E-state index in [0.717, 1.165) is 11.1 Å². The maximum absolute atomic E-state index is 13.1. The largest absolute Gasteiger partial charge is 0.282 e. The summed E-state index contributed by atoms with van der Waals surface area (Å²) in [6.45, 7) is 1.86. The monoisotopic (exact) mass is 262 g/mol. The lowest BCUT2D eigenvalue weighted by Crippen LogP contribution is -1.81. The Labute approximate surface area is 87.2 Å². The predicted molar refractivity (Wildman–Crippen MR) is 53.5 cm³/mol. The van der Waals surface area contributed by atoms with Gasteiger partial charge >= 0.3 is 0 Å². The van der Waals surface area contributed by atoms with Crippen LogP contribution in [0.4, 0.5) is 4.39 Å². The number of rotatable bonds is 0. The molecule has 0 aliphatic carbocycles. The molecule has 2 rings (SSSR count). The highest BCUT2D eigenvalue weighted by Crippen LogP contribution is 2.32. The number of aromatic nitrogens is 2. The molecule has 13 heavy (non-hydrogen) atoms. The highest BCUT2D eigenvalue weighted by atomic mass is 79.9. The van der Waals surface area contributed by atoms with Crippen molar-refractivity contribution >= 4 is 38.4 Å². The molecule has 2 aromatic rings. The molecule has 0 aliphatic rings. The third-order valence-electron chi connectivity index (χ3n) is 1.86. The van der Waals surface area contributed by atoms with Gasteiger partial charge in [-0.05, 0) is 28.9 Å². The molecule has 0 radical (unpaired) electrons. The summed E-state index contributed by atoms with van der Waals surface area (Å²) < 4.78 is 13.8. The number of hydrogen-bond donors (Lipinski definition) is 1. The lowest BCUT2D eigenvalue weighted by atomic mass is 10.2. The molecule has 2 nitrogen and oxygen atoms in total. The molecule has 0 fully saturated rings. The fraction of sp³-hybridized carbons (Fsp3) is 0.125. The lowest BCUT2D eigenvalue weighted by molar-refractivity contribution is 0.629. The summed E-state index contributed by atoms with van der Waals surface area (Å²) in [5.41, 5.74) is 1.33. The van der Waals surface area contributed by atoms with E-state index in [1.807, 2.05) is 6.92 Å². The van der Waals surface area contributed by atoms with Gasteiger partial charge in [-0.1, -0.05) is 11.6 Å². The number of aromatic amines is 1. The molecule has 1 heterocycles. The van der Waals surface area contributed by atoms with E-state index in [9.17, 15) is 4.39 Å². The van der Waals surface area contributed by atoms with Crippen molar-refractivity contribution in [1.82, 2.24) is 10.2 Å². The Bertz CT molecular complexity index is 480. The molecule has 0 aliphatic heterocycles. The van der Waals surface area contributed by atoms with Crippen LogP contribution in [0.3, 0.4) is 0 Å². The van der Waals surface area contributed by atoms with E-state index in [0.29, 0.717) is 9.99 Å². The van der Waals surface area contributed by atoms with Gasteiger partial charge in [0.25, 0.3) is 0 Å². The summed E-state index contributed by atoms with van der Waals surface area (Å²) in [6.07, 6.45) is 0. The molecule has 0 unspecified atom stereocenters. The fourth-order valence-corrected chi connectivity index (χ4v) is 2.12. The number of benzene rings is 1. The molecule has 0 amide bonds. The highest BCUT2D eigenvalue weighted by molar-refractivity contribution is 9.10. The Morgan fingerprint density at radius 2 is 2.31 bits per heavy atom. The smallest absolute Gasteiger partial charge is 0.145 e. The van der Waals surface area contributed by atoms with E-state index in [2.05, 4.69) is 26.1 Å². The maximum Gasteiger partial charge on any atom is 0.145 e. The van der Waals surface area contributed by atoms with Crippen molar-refractivity contribution in [3.05, 3.63) is 27.1 Å². The zero-order valence-corrected chi connectivity index (χ0v) is 9.00. The van der Waals surface area contributed by atoms with Crippen molar-refractivity contribution in [1.29, 1.82) is 0 Å². The molecular formula is C8H5BrClFN2. The molecule has 0 bridgehead atoms. The summed E-state index contributed by atoms with van der Waals surface area (Å²) in [4.78, 5) is 0. The van der Waals surface area contributed by atoms with Crippen molar-refractivity contribution in [2.45, 2.75) is 6.92 Å². The van der Waals surface area contributed by atoms with Crippen molar-refractivity contribution in [2.75, 3.05) is 0 Å². The number of halogens is 3. The second-order valence-corrected chi connectivity index (χ2v) is 3.96. The number of H-pyrrole nitrogens is 1. The van der Waals surface area contributed by atoms with E-state index in [1.165, 1.54) is 6.07 Å². The lowest BCUT2D eigenvalue weighted by Gasteiger charge is -1.98. The topological polar surface area (TPSA) is 28.7 Å². The van der Waals surface area contributed by atoms with Gasteiger partial charge in [0.15, 0.2) is 0 Å². The summed E-state index contributed by atoms with van der Waals surface area (Å²) in [7, 11) is 0. The van der Waals surface area contributed by atoms with Crippen molar-refractivity contribution < 1.29 is 4.39 Å². The molecule has 0 atom stereocenters. The van der Waals surface area contributed by atoms with E-state index in [4.69, 9.17) is 11.6 Å². The fourth-order valence-electron chi connectivity index (χ4n) is 1.24. The molecule has 0 spiro atoms. The Hall–Kier alpha value is -0.610. The molecular weight excluding hydrogens is 258 g/mol. The number of hydrogen-bond acceptors (Lipinski definition) is 1. The van der Waals surface area contributed by atoms with Crippen LogP contribution in [0.2, 0.25) is 5.02 Å². The molecule has 0 saturated carbocycles. The Morgan fingerprint density at radius 3 is 3.00 bits per heavy atom. The van der Waals surface area contributed by atoms with Crippen molar-refractivity contribution in [2.24, 2.45) is 0 Å². The van der Waals surface area contributed by atoms with E-state index < -0.39 is 5.82 Å². The van der Waals surface area contributed by atoms with Crippen LogP contribution >= 0.6 is 27.5 Å². The normalized spacial score (nSPS) is 11.1. The van der Waals surface area contributed by atoms with Gasteiger partial charge in [-0.15, -0.1) is 0 Å². The maximum atomic E-state index is 13.1. The van der Waals surface area contributed by atoms with Gasteiger partial charge < -0.3 is 0 Å². The van der Waals surface area contributed by atoms with Gasteiger partial charge in [0.05, 0.1) is 0 Å². The zero-order valence-electron chi connectivity index (χ0n) is 6.66. The van der Waals surface area contributed by atoms with Crippen LogP contribution in [0.25, 0.3) is 10.9 Å². The first kappa shape index (κ1) is 8.97. The predicted octanol–water partition coefficient (Wildman–Crippen LogP) is 3.43. The minimum absolute atomic E-state index is 0.0579. The Balaban J connectivity index is 2.99. The Morgan fingerprint density at radius 1 is 1.62 bits per heavy atom. The standard InChI is InChI=1S/C8H5BrClFN2/c1-3-6-4(9)2-5(11)7(10)8(6)13-12-3/h2H,1H3,(H,12,13). The third kappa shape index (κ3) is 1.25. The van der Waals surface area contributed by atoms with Gasteiger partial charge in [-0.3, -0.25) is 5.10 Å². The number of fused-ring (bicyclic) bond motifs is 1. The number of nitrogens with zero attached hydrogens (tertiary/aromatic N) is 1. The molecule has 1 aromatic heterocycles. The number of aryl methyl sites for hydroxylation is 1. The van der Waals surface area contributed by atoms with Crippen LogP contribution in [-0.4, -0.2) is 10.2 Å². The SMILES string of the molecule is Cc1[nH]nc2c(Cl)c(F)cc(Br)c12. The average Bonchev–Trinajstić information content (AvgIpc) is 2.44. The van der Waals surface area contributed by atoms with E-state index >= 15 is 0 Å². The average molecular weight is 263 g/mol. The highest BCUT2D eigenvalue weighted by Gasteiger charge is 2.13. The van der Waals surface area contributed by atoms with Gasteiger partial charge in [0, 0.05) is 15.6 Å². The van der Waals surface area contributed by atoms with Crippen LogP contribution in [0.1, 0.15) is 5.69 Å². The minimum atomic E-state index is -0.465. The Kier molecular flexibility index (Phi) is 2.04. The van der Waals surface area contributed by atoms with E-state index in [1.54, 1.807) is 0 Å². The second-order valence-electron chi connectivity index (χ2n) is 2.73. The zero-order chi connectivity index (χ0) is 9.59. The summed E-state index contributed by atoms with van der Waals surface area (Å²) in [6, 6.07) is 1.34. The first-order chi connectivity index (χ1) is 6.11. The second kappa shape index (κ2) is 2.96. The molecule has 0 saturated heterocycles. The first-order valence-corrected chi connectivity index (χ1v) is 4.76. The molecule has 5 heteroatoms.